The third kappa shape index (κ3) is 1.55. The van der Waals surface area contributed by atoms with Crippen LogP contribution in [0.4, 0.5) is 0 Å². The number of aromatic nitrogens is 1. The minimum Gasteiger partial charge on any atom is -0.354 e. The van der Waals surface area contributed by atoms with Crippen LogP contribution in [0.25, 0.3) is 35.2 Å². The van der Waals surface area contributed by atoms with Crippen LogP contribution in [-0.4, -0.2) is 4.98 Å². The molecule has 0 aliphatic heterocycles. The quantitative estimate of drug-likeness (QED) is 0.732. The van der Waals surface area contributed by atoms with Crippen LogP contribution in [0, 0.1) is 0 Å². The molecule has 2 aliphatic rings. The van der Waals surface area contributed by atoms with Crippen LogP contribution in [0.2, 0.25) is 0 Å². The largest absolute Gasteiger partial charge is 0.354 e. The van der Waals surface area contributed by atoms with E-state index in [0.717, 1.165) is 0 Å². The van der Waals surface area contributed by atoms with E-state index in [1.165, 1.54) is 32.6 Å². The molecule has 1 heteroatoms. The van der Waals surface area contributed by atoms with Gasteiger partial charge in [-0.3, -0.25) is 0 Å². The molecule has 0 saturated carbocycles. The number of allylic oxidation sites excluding steroid dienone is 6. The average Bonchev–Trinajstić information content (AvgIpc) is 2.65. The molecule has 4 rings (SSSR count). The minimum absolute atomic E-state index is 1.18. The molecular weight excluding hydrogens is 230 g/mol. The maximum absolute atomic E-state index is 3.50. The Hall–Kier alpha value is -2.54. The van der Waals surface area contributed by atoms with Crippen LogP contribution in [0.15, 0.2) is 48.6 Å². The Kier molecular flexibility index (Phi) is 2.18. The third-order valence-electron chi connectivity index (χ3n) is 3.62. The molecule has 19 heavy (non-hydrogen) atoms. The van der Waals surface area contributed by atoms with Gasteiger partial charge in [-0.05, 0) is 22.9 Å². The number of H-pyrrole nitrogens is 1. The lowest BCUT2D eigenvalue weighted by atomic mass is 10.0. The van der Waals surface area contributed by atoms with Gasteiger partial charge in [-0.25, -0.2) is 0 Å². The molecule has 0 bridgehead atoms. The summed E-state index contributed by atoms with van der Waals surface area (Å²) in [4.78, 5) is 3.50. The smallest absolute Gasteiger partial charge is 0.0471 e. The molecule has 1 aromatic heterocycles. The SMILES string of the molecule is C1=CC=c2[nH]c3ccc4c(c3c2C=C1)=CC=CC=C4. The van der Waals surface area contributed by atoms with E-state index in [9.17, 15) is 0 Å². The summed E-state index contributed by atoms with van der Waals surface area (Å²) in [5.74, 6) is 0. The van der Waals surface area contributed by atoms with Crippen molar-refractivity contribution in [3.63, 3.8) is 0 Å². The Bertz CT molecular complexity index is 899. The first-order valence-corrected chi connectivity index (χ1v) is 6.48. The predicted octanol–water partition coefficient (Wildman–Crippen LogP) is 2.89. The number of hydrogen-bond acceptors (Lipinski definition) is 0. The van der Waals surface area contributed by atoms with Gasteiger partial charge in [-0.15, -0.1) is 0 Å². The van der Waals surface area contributed by atoms with Crippen molar-refractivity contribution in [1.29, 1.82) is 0 Å². The fraction of sp³-hybridized carbons (Fsp3) is 0. The molecule has 0 spiro atoms. The second-order valence-corrected chi connectivity index (χ2v) is 4.76. The van der Waals surface area contributed by atoms with E-state index in [1.54, 1.807) is 0 Å². The fourth-order valence-electron chi connectivity index (χ4n) is 2.75. The van der Waals surface area contributed by atoms with Gasteiger partial charge in [-0.2, -0.15) is 0 Å². The van der Waals surface area contributed by atoms with Crippen molar-refractivity contribution in [3.8, 4) is 0 Å². The van der Waals surface area contributed by atoms with Crippen LogP contribution in [0.1, 0.15) is 11.1 Å². The number of fused-ring (bicyclic) bond motifs is 5. The Balaban J connectivity index is 2.25. The lowest BCUT2D eigenvalue weighted by molar-refractivity contribution is 1.37. The number of benzene rings is 1. The molecule has 0 amide bonds. The molecule has 1 aromatic carbocycles. The summed E-state index contributed by atoms with van der Waals surface area (Å²) in [6.07, 6.45) is 21.1. The molecule has 0 saturated heterocycles. The first-order chi connectivity index (χ1) is 9.43. The normalized spacial score (nSPS) is 15.4. The van der Waals surface area contributed by atoms with Crippen molar-refractivity contribution in [1.82, 2.24) is 4.98 Å². The van der Waals surface area contributed by atoms with Gasteiger partial charge in [0.15, 0.2) is 0 Å². The zero-order valence-corrected chi connectivity index (χ0v) is 10.4. The summed E-state index contributed by atoms with van der Waals surface area (Å²) in [6, 6.07) is 4.34. The van der Waals surface area contributed by atoms with Crippen molar-refractivity contribution in [2.75, 3.05) is 0 Å². The highest BCUT2D eigenvalue weighted by Crippen LogP contribution is 2.16. The second kappa shape index (κ2) is 3.99. The zero-order valence-electron chi connectivity index (χ0n) is 10.4. The molecule has 0 fully saturated rings. The average molecular weight is 243 g/mol. The highest BCUT2D eigenvalue weighted by molar-refractivity contribution is 5.93. The van der Waals surface area contributed by atoms with Crippen molar-refractivity contribution in [2.24, 2.45) is 0 Å². The minimum atomic E-state index is 1.18. The summed E-state index contributed by atoms with van der Waals surface area (Å²) < 4.78 is 0. The first-order valence-electron chi connectivity index (χ1n) is 6.48. The maximum atomic E-state index is 3.50. The van der Waals surface area contributed by atoms with E-state index in [2.05, 4.69) is 77.9 Å². The summed E-state index contributed by atoms with van der Waals surface area (Å²) in [7, 11) is 0. The topological polar surface area (TPSA) is 15.8 Å². The standard InChI is InChI=1S/C18H13N/c1-3-7-13-11-12-17-18(14(13)8-4-1)15-9-5-2-6-10-16(15)19-17/h1-12,19H. The molecule has 2 aromatic rings. The molecule has 0 unspecified atom stereocenters. The summed E-state index contributed by atoms with van der Waals surface area (Å²) in [5.41, 5.74) is 3.74. The van der Waals surface area contributed by atoms with E-state index >= 15 is 0 Å². The molecule has 90 valence electrons. The van der Waals surface area contributed by atoms with Gasteiger partial charge >= 0.3 is 0 Å². The monoisotopic (exact) mass is 243 g/mol. The Morgan fingerprint density at radius 1 is 0.737 bits per heavy atom. The van der Waals surface area contributed by atoms with E-state index < -0.39 is 0 Å². The summed E-state index contributed by atoms with van der Waals surface area (Å²) in [6.45, 7) is 0. The number of aromatic amines is 1. The van der Waals surface area contributed by atoms with Gasteiger partial charge in [0, 0.05) is 21.8 Å². The lowest BCUT2D eigenvalue weighted by Gasteiger charge is -1.99. The van der Waals surface area contributed by atoms with Gasteiger partial charge in [0.1, 0.15) is 0 Å². The van der Waals surface area contributed by atoms with Gasteiger partial charge in [0.25, 0.3) is 0 Å². The molecular formula is C18H13N. The van der Waals surface area contributed by atoms with Gasteiger partial charge < -0.3 is 4.98 Å². The van der Waals surface area contributed by atoms with Crippen LogP contribution < -0.4 is 10.6 Å². The predicted molar refractivity (Wildman–Crippen MR) is 82.8 cm³/mol. The zero-order chi connectivity index (χ0) is 12.7. The van der Waals surface area contributed by atoms with Crippen LogP contribution >= 0.6 is 0 Å². The Morgan fingerprint density at radius 2 is 1.58 bits per heavy atom. The van der Waals surface area contributed by atoms with E-state index in [0.29, 0.717) is 0 Å². The van der Waals surface area contributed by atoms with E-state index in [1.807, 2.05) is 0 Å². The number of rotatable bonds is 0. The molecule has 1 nitrogen and oxygen atoms in total. The summed E-state index contributed by atoms with van der Waals surface area (Å²) in [5, 5.41) is 3.78. The molecule has 1 heterocycles. The Morgan fingerprint density at radius 3 is 2.53 bits per heavy atom. The molecule has 0 atom stereocenters. The fourth-order valence-corrected chi connectivity index (χ4v) is 2.75. The van der Waals surface area contributed by atoms with Gasteiger partial charge in [0.05, 0.1) is 0 Å². The van der Waals surface area contributed by atoms with Crippen LogP contribution in [0.3, 0.4) is 0 Å². The number of hydrogen-bond donors (Lipinski definition) is 1. The second-order valence-electron chi connectivity index (χ2n) is 4.76. The molecule has 1 N–H and O–H groups in total. The van der Waals surface area contributed by atoms with Crippen molar-refractivity contribution in [2.45, 2.75) is 0 Å². The first kappa shape index (κ1) is 10.4. The summed E-state index contributed by atoms with van der Waals surface area (Å²) >= 11 is 0. The maximum Gasteiger partial charge on any atom is 0.0471 e. The van der Waals surface area contributed by atoms with Gasteiger partial charge in [-0.1, -0.05) is 60.8 Å². The van der Waals surface area contributed by atoms with Crippen molar-refractivity contribution >= 4 is 35.2 Å². The van der Waals surface area contributed by atoms with E-state index in [4.69, 9.17) is 0 Å². The van der Waals surface area contributed by atoms with Crippen molar-refractivity contribution in [3.05, 3.63) is 70.3 Å². The third-order valence-corrected chi connectivity index (χ3v) is 3.62. The van der Waals surface area contributed by atoms with E-state index in [-0.39, 0.29) is 0 Å². The highest BCUT2D eigenvalue weighted by Gasteiger charge is 2.08. The van der Waals surface area contributed by atoms with Gasteiger partial charge in [0.2, 0.25) is 0 Å². The Labute approximate surface area is 111 Å². The van der Waals surface area contributed by atoms with Crippen LogP contribution in [-0.2, 0) is 0 Å². The van der Waals surface area contributed by atoms with Crippen LogP contribution in [0.5, 0.6) is 0 Å². The molecule has 0 radical (unpaired) electrons. The lowest BCUT2D eigenvalue weighted by Crippen LogP contribution is -2.08. The van der Waals surface area contributed by atoms with Crippen molar-refractivity contribution < 1.29 is 0 Å². The highest BCUT2D eigenvalue weighted by atomic mass is 14.7. The number of nitrogens with one attached hydrogen (secondary N) is 1. The molecule has 2 aliphatic carbocycles.